The number of nitrogens with one attached hydrogen (secondary N) is 3. The Hall–Kier alpha value is -1.30. The second-order valence-electron chi connectivity index (χ2n) is 5.49. The maximum Gasteiger partial charge on any atom is 0.251 e. The molecule has 0 unspecified atom stereocenters. The van der Waals surface area contributed by atoms with Gasteiger partial charge in [-0.05, 0) is 49.7 Å². The number of carbonyl (C=O) groups is 1. The molecule has 1 aliphatic carbocycles. The van der Waals surface area contributed by atoms with E-state index in [4.69, 9.17) is 35.4 Å². The minimum atomic E-state index is -0.345. The highest BCUT2D eigenvalue weighted by Gasteiger charge is 2.33. The summed E-state index contributed by atoms with van der Waals surface area (Å²) in [5, 5.41) is 10.6. The molecule has 116 valence electrons. The van der Waals surface area contributed by atoms with E-state index in [0.717, 1.165) is 24.1 Å². The first kappa shape index (κ1) is 15.6. The van der Waals surface area contributed by atoms with E-state index in [1.807, 2.05) is 13.0 Å². The topological polar surface area (TPSA) is 53.2 Å². The standard InChI is InChI=1S/C15H15Cl2N3OS/c1-7-12(14(21)19-9-3-4-9)13(20-15(22)18-7)8-2-5-10(16)11(17)6-8/h2,5-6,9,13H,3-4H2,1H3,(H,19,21)(H2,18,20,22)/t13-/m1/s1. The van der Waals surface area contributed by atoms with Gasteiger partial charge in [0.15, 0.2) is 5.11 Å². The Balaban J connectivity index is 1.97. The lowest BCUT2D eigenvalue weighted by Crippen LogP contribution is -2.47. The third-order valence-corrected chi connectivity index (χ3v) is 4.66. The number of halogens is 2. The lowest BCUT2D eigenvalue weighted by Gasteiger charge is -2.30. The third-order valence-electron chi connectivity index (χ3n) is 3.70. The van der Waals surface area contributed by atoms with Crippen LogP contribution in [0, 0.1) is 0 Å². The van der Waals surface area contributed by atoms with Crippen LogP contribution >= 0.6 is 35.4 Å². The summed E-state index contributed by atoms with van der Waals surface area (Å²) >= 11 is 17.3. The number of benzene rings is 1. The zero-order valence-corrected chi connectivity index (χ0v) is 14.2. The molecule has 1 atom stereocenters. The van der Waals surface area contributed by atoms with Gasteiger partial charge in [-0.2, -0.15) is 0 Å². The molecule has 0 aromatic heterocycles. The van der Waals surface area contributed by atoms with E-state index in [1.165, 1.54) is 0 Å². The summed E-state index contributed by atoms with van der Waals surface area (Å²) in [5.74, 6) is -0.0847. The molecule has 1 aromatic carbocycles. The lowest BCUT2D eigenvalue weighted by molar-refractivity contribution is -0.118. The molecule has 3 rings (SSSR count). The van der Waals surface area contributed by atoms with Crippen LogP contribution in [0.4, 0.5) is 0 Å². The minimum Gasteiger partial charge on any atom is -0.351 e. The second kappa shape index (κ2) is 6.07. The number of hydrogen-bond donors (Lipinski definition) is 3. The number of thiocarbonyl (C=S) groups is 1. The summed E-state index contributed by atoms with van der Waals surface area (Å²) in [4.78, 5) is 12.5. The quantitative estimate of drug-likeness (QED) is 0.729. The van der Waals surface area contributed by atoms with Crippen LogP contribution in [0.25, 0.3) is 0 Å². The van der Waals surface area contributed by atoms with E-state index in [2.05, 4.69) is 16.0 Å². The largest absolute Gasteiger partial charge is 0.351 e. The molecule has 0 spiro atoms. The van der Waals surface area contributed by atoms with E-state index in [-0.39, 0.29) is 18.0 Å². The molecular formula is C15H15Cl2N3OS. The first-order chi connectivity index (χ1) is 10.5. The summed E-state index contributed by atoms with van der Waals surface area (Å²) in [5.41, 5.74) is 2.22. The molecule has 1 heterocycles. The number of amides is 1. The van der Waals surface area contributed by atoms with Crippen molar-refractivity contribution in [1.29, 1.82) is 0 Å². The maximum atomic E-state index is 12.5. The van der Waals surface area contributed by atoms with Crippen molar-refractivity contribution >= 4 is 46.4 Å². The summed E-state index contributed by atoms with van der Waals surface area (Å²) in [6, 6.07) is 5.26. The molecule has 22 heavy (non-hydrogen) atoms. The van der Waals surface area contributed by atoms with Crippen molar-refractivity contribution in [2.45, 2.75) is 31.8 Å². The van der Waals surface area contributed by atoms with Crippen LogP contribution in [0.5, 0.6) is 0 Å². The van der Waals surface area contributed by atoms with Crippen molar-refractivity contribution in [3.63, 3.8) is 0 Å². The van der Waals surface area contributed by atoms with Crippen molar-refractivity contribution in [3.05, 3.63) is 45.1 Å². The molecular weight excluding hydrogens is 341 g/mol. The van der Waals surface area contributed by atoms with Crippen LogP contribution in [0.3, 0.4) is 0 Å². The molecule has 1 saturated carbocycles. The predicted molar refractivity (Wildman–Crippen MR) is 91.9 cm³/mol. The van der Waals surface area contributed by atoms with Gasteiger partial charge in [0.2, 0.25) is 0 Å². The Morgan fingerprint density at radius 1 is 1.32 bits per heavy atom. The fraction of sp³-hybridized carbons (Fsp3) is 0.333. The van der Waals surface area contributed by atoms with Gasteiger partial charge in [0.05, 0.1) is 21.7 Å². The van der Waals surface area contributed by atoms with E-state index >= 15 is 0 Å². The number of carbonyl (C=O) groups excluding carboxylic acids is 1. The minimum absolute atomic E-state index is 0.0847. The SMILES string of the molecule is CC1=C(C(=O)NC2CC2)[C@@H](c2ccc(Cl)c(Cl)c2)NC(=S)N1. The summed E-state index contributed by atoms with van der Waals surface area (Å²) < 4.78 is 0. The molecule has 3 N–H and O–H groups in total. The Kier molecular flexibility index (Phi) is 4.30. The van der Waals surface area contributed by atoms with Gasteiger partial charge in [0, 0.05) is 11.7 Å². The highest BCUT2D eigenvalue weighted by Crippen LogP contribution is 2.32. The van der Waals surface area contributed by atoms with Crippen LogP contribution < -0.4 is 16.0 Å². The van der Waals surface area contributed by atoms with Crippen LogP contribution in [-0.2, 0) is 4.79 Å². The monoisotopic (exact) mass is 355 g/mol. The van der Waals surface area contributed by atoms with Gasteiger partial charge in [-0.1, -0.05) is 29.3 Å². The summed E-state index contributed by atoms with van der Waals surface area (Å²) in [7, 11) is 0. The van der Waals surface area contributed by atoms with Crippen molar-refractivity contribution in [2.24, 2.45) is 0 Å². The Labute approximate surface area is 144 Å². The van der Waals surface area contributed by atoms with Crippen LogP contribution in [0.1, 0.15) is 31.4 Å². The zero-order chi connectivity index (χ0) is 15.9. The van der Waals surface area contributed by atoms with Gasteiger partial charge in [0.1, 0.15) is 0 Å². The fourth-order valence-electron chi connectivity index (χ4n) is 2.43. The maximum absolute atomic E-state index is 12.5. The summed E-state index contributed by atoms with van der Waals surface area (Å²) in [6.07, 6.45) is 2.07. The van der Waals surface area contributed by atoms with Gasteiger partial charge in [-0.3, -0.25) is 4.79 Å². The van der Waals surface area contributed by atoms with Crippen molar-refractivity contribution in [1.82, 2.24) is 16.0 Å². The van der Waals surface area contributed by atoms with Gasteiger partial charge in [-0.25, -0.2) is 0 Å². The molecule has 4 nitrogen and oxygen atoms in total. The van der Waals surface area contributed by atoms with Gasteiger partial charge < -0.3 is 16.0 Å². The van der Waals surface area contributed by atoms with E-state index in [0.29, 0.717) is 20.7 Å². The average molecular weight is 356 g/mol. The molecule has 1 fully saturated rings. The van der Waals surface area contributed by atoms with E-state index in [1.54, 1.807) is 12.1 Å². The third kappa shape index (κ3) is 3.21. The van der Waals surface area contributed by atoms with Gasteiger partial charge in [0.25, 0.3) is 5.91 Å². The van der Waals surface area contributed by atoms with Crippen molar-refractivity contribution in [2.75, 3.05) is 0 Å². The van der Waals surface area contributed by atoms with Crippen molar-refractivity contribution in [3.8, 4) is 0 Å². The molecule has 0 bridgehead atoms. The van der Waals surface area contributed by atoms with Gasteiger partial charge >= 0.3 is 0 Å². The molecule has 7 heteroatoms. The number of rotatable bonds is 3. The predicted octanol–water partition coefficient (Wildman–Crippen LogP) is 3.06. The van der Waals surface area contributed by atoms with E-state index in [9.17, 15) is 4.79 Å². The molecule has 1 aliphatic heterocycles. The first-order valence-corrected chi connectivity index (χ1v) is 8.16. The Morgan fingerprint density at radius 2 is 2.05 bits per heavy atom. The number of hydrogen-bond acceptors (Lipinski definition) is 2. The molecule has 2 aliphatic rings. The van der Waals surface area contributed by atoms with Crippen LogP contribution in [-0.4, -0.2) is 17.1 Å². The number of allylic oxidation sites excluding steroid dienone is 1. The smallest absolute Gasteiger partial charge is 0.251 e. The van der Waals surface area contributed by atoms with E-state index < -0.39 is 0 Å². The lowest BCUT2D eigenvalue weighted by atomic mass is 9.95. The molecule has 1 amide bonds. The molecule has 0 saturated heterocycles. The highest BCUT2D eigenvalue weighted by atomic mass is 35.5. The van der Waals surface area contributed by atoms with Gasteiger partial charge in [-0.15, -0.1) is 0 Å². The van der Waals surface area contributed by atoms with Crippen molar-refractivity contribution < 1.29 is 4.79 Å². The van der Waals surface area contributed by atoms with Crippen LogP contribution in [0.15, 0.2) is 29.5 Å². The Morgan fingerprint density at radius 3 is 2.68 bits per heavy atom. The Bertz CT molecular complexity index is 685. The summed E-state index contributed by atoms with van der Waals surface area (Å²) in [6.45, 7) is 1.85. The second-order valence-corrected chi connectivity index (χ2v) is 6.71. The zero-order valence-electron chi connectivity index (χ0n) is 11.9. The average Bonchev–Trinajstić information content (AvgIpc) is 3.24. The fourth-order valence-corrected chi connectivity index (χ4v) is 3.01. The normalized spacial score (nSPS) is 21.2. The highest BCUT2D eigenvalue weighted by molar-refractivity contribution is 7.80. The van der Waals surface area contributed by atoms with Crippen LogP contribution in [0.2, 0.25) is 10.0 Å². The first-order valence-electron chi connectivity index (χ1n) is 7.00. The molecule has 0 radical (unpaired) electrons. The molecule has 1 aromatic rings.